The van der Waals surface area contributed by atoms with Crippen LogP contribution in [-0.4, -0.2) is 0 Å². The van der Waals surface area contributed by atoms with E-state index < -0.39 is 0 Å². The molecule has 1 heterocycles. The second-order valence-corrected chi connectivity index (χ2v) is 5.20. The van der Waals surface area contributed by atoms with Crippen LogP contribution in [0, 0.1) is 11.8 Å². The zero-order valence-electron chi connectivity index (χ0n) is 10.8. The number of aryl methyl sites for hydroxylation is 1. The van der Waals surface area contributed by atoms with Crippen LogP contribution in [0.3, 0.4) is 0 Å². The summed E-state index contributed by atoms with van der Waals surface area (Å²) >= 11 is 1.69. The van der Waals surface area contributed by atoms with Crippen LogP contribution in [0.2, 0.25) is 0 Å². The van der Waals surface area contributed by atoms with Crippen molar-refractivity contribution >= 4 is 11.3 Å². The van der Waals surface area contributed by atoms with Crippen molar-refractivity contribution in [3.63, 3.8) is 0 Å². The summed E-state index contributed by atoms with van der Waals surface area (Å²) in [6.07, 6.45) is 5.08. The first kappa shape index (κ1) is 12.9. The van der Waals surface area contributed by atoms with Gasteiger partial charge in [0.1, 0.15) is 0 Å². The van der Waals surface area contributed by atoms with Crippen molar-refractivity contribution in [1.82, 2.24) is 0 Å². The molecule has 0 aliphatic heterocycles. The fraction of sp³-hybridized carbons (Fsp3) is 0.294. The van der Waals surface area contributed by atoms with Crippen LogP contribution in [0.1, 0.15) is 42.9 Å². The molecule has 92 valence electrons. The Bertz CT molecular complexity index is 509. The maximum atomic E-state index is 3.20. The minimum absolute atomic E-state index is 1.10. The van der Waals surface area contributed by atoms with Gasteiger partial charge in [-0.05, 0) is 42.0 Å². The Kier molecular flexibility index (Phi) is 5.05. The smallest absolute Gasteiger partial charge is 0.0356 e. The number of thiophene rings is 1. The van der Waals surface area contributed by atoms with E-state index in [1.165, 1.54) is 31.2 Å². The van der Waals surface area contributed by atoms with E-state index >= 15 is 0 Å². The summed E-state index contributed by atoms with van der Waals surface area (Å²) in [5.41, 5.74) is 3.62. The molecule has 0 unspecified atom stereocenters. The van der Waals surface area contributed by atoms with E-state index in [-0.39, 0.29) is 0 Å². The van der Waals surface area contributed by atoms with E-state index in [1.54, 1.807) is 11.3 Å². The number of hydrogen-bond acceptors (Lipinski definition) is 1. The zero-order chi connectivity index (χ0) is 12.6. The summed E-state index contributed by atoms with van der Waals surface area (Å²) in [6, 6.07) is 10.7. The van der Waals surface area contributed by atoms with Crippen LogP contribution >= 0.6 is 11.3 Å². The highest BCUT2D eigenvalue weighted by molar-refractivity contribution is 7.08. The molecule has 0 atom stereocenters. The van der Waals surface area contributed by atoms with Gasteiger partial charge >= 0.3 is 0 Å². The van der Waals surface area contributed by atoms with Gasteiger partial charge in [0.2, 0.25) is 0 Å². The first-order valence-electron chi connectivity index (χ1n) is 6.51. The van der Waals surface area contributed by atoms with E-state index in [0.717, 1.165) is 11.1 Å². The monoisotopic (exact) mass is 254 g/mol. The maximum absolute atomic E-state index is 3.20. The lowest BCUT2D eigenvalue weighted by Crippen LogP contribution is -1.85. The van der Waals surface area contributed by atoms with Gasteiger partial charge in [0.25, 0.3) is 0 Å². The van der Waals surface area contributed by atoms with Crippen LogP contribution in [0.4, 0.5) is 0 Å². The third-order valence-electron chi connectivity index (χ3n) is 2.90. The molecule has 0 saturated heterocycles. The average molecular weight is 254 g/mol. The van der Waals surface area contributed by atoms with Gasteiger partial charge in [0.15, 0.2) is 0 Å². The van der Waals surface area contributed by atoms with Crippen molar-refractivity contribution < 1.29 is 0 Å². The molecule has 1 heteroatoms. The molecular formula is C17H18S. The molecule has 0 aliphatic rings. The van der Waals surface area contributed by atoms with Gasteiger partial charge in [-0.15, -0.1) is 0 Å². The Morgan fingerprint density at radius 3 is 2.39 bits per heavy atom. The topological polar surface area (TPSA) is 0 Å². The lowest BCUT2D eigenvalue weighted by molar-refractivity contribution is 0.717. The minimum atomic E-state index is 1.10. The lowest BCUT2D eigenvalue weighted by Gasteiger charge is -2.00. The molecule has 2 rings (SSSR count). The van der Waals surface area contributed by atoms with Crippen molar-refractivity contribution in [2.45, 2.75) is 32.6 Å². The fourth-order valence-corrected chi connectivity index (χ4v) is 2.40. The molecule has 0 spiro atoms. The summed E-state index contributed by atoms with van der Waals surface area (Å²) in [6.45, 7) is 2.24. The third-order valence-corrected chi connectivity index (χ3v) is 3.58. The molecule has 0 aliphatic carbocycles. The zero-order valence-corrected chi connectivity index (χ0v) is 11.6. The number of hydrogen-bond donors (Lipinski definition) is 0. The maximum Gasteiger partial charge on any atom is 0.0356 e. The van der Waals surface area contributed by atoms with Crippen LogP contribution in [0.15, 0.2) is 41.1 Å². The van der Waals surface area contributed by atoms with Gasteiger partial charge in [0.05, 0.1) is 0 Å². The van der Waals surface area contributed by atoms with E-state index in [2.05, 4.69) is 59.9 Å². The Labute approximate surface area is 114 Å². The third kappa shape index (κ3) is 4.05. The fourth-order valence-electron chi connectivity index (χ4n) is 1.81. The van der Waals surface area contributed by atoms with Crippen molar-refractivity contribution in [1.29, 1.82) is 0 Å². The van der Waals surface area contributed by atoms with E-state index in [0.29, 0.717) is 0 Å². The molecule has 0 amide bonds. The Morgan fingerprint density at radius 1 is 0.944 bits per heavy atom. The lowest BCUT2D eigenvalue weighted by atomic mass is 10.1. The van der Waals surface area contributed by atoms with Crippen LogP contribution in [0.5, 0.6) is 0 Å². The highest BCUT2D eigenvalue weighted by Crippen LogP contribution is 2.09. The predicted octanol–water partition coefficient (Wildman–Crippen LogP) is 4.88. The summed E-state index contributed by atoms with van der Waals surface area (Å²) in [5.74, 6) is 6.37. The second kappa shape index (κ2) is 7.03. The highest BCUT2D eigenvalue weighted by atomic mass is 32.1. The summed E-state index contributed by atoms with van der Waals surface area (Å²) in [7, 11) is 0. The Hall–Kier alpha value is -1.52. The standard InChI is InChI=1S/C17H18S/c1-2-3-4-5-15-6-8-16(9-7-15)10-11-17-12-13-18-14-17/h6-9,12-14H,2-5H2,1H3. The van der Waals surface area contributed by atoms with Crippen molar-refractivity contribution in [2.75, 3.05) is 0 Å². The molecule has 1 aromatic heterocycles. The van der Waals surface area contributed by atoms with E-state index in [9.17, 15) is 0 Å². The molecule has 0 bridgehead atoms. The molecule has 0 radical (unpaired) electrons. The molecule has 18 heavy (non-hydrogen) atoms. The minimum Gasteiger partial charge on any atom is -0.151 e. The van der Waals surface area contributed by atoms with E-state index in [4.69, 9.17) is 0 Å². The summed E-state index contributed by atoms with van der Waals surface area (Å²) in [5, 5.41) is 4.13. The van der Waals surface area contributed by atoms with Crippen LogP contribution < -0.4 is 0 Å². The predicted molar refractivity (Wildman–Crippen MR) is 80.0 cm³/mol. The molecule has 0 N–H and O–H groups in total. The molecule has 0 fully saturated rings. The Morgan fingerprint density at radius 2 is 1.72 bits per heavy atom. The van der Waals surface area contributed by atoms with Gasteiger partial charge in [-0.2, -0.15) is 11.3 Å². The first-order chi connectivity index (χ1) is 8.88. The van der Waals surface area contributed by atoms with E-state index in [1.807, 2.05) is 0 Å². The SMILES string of the molecule is CCCCCc1ccc(C#Cc2ccsc2)cc1. The molecular weight excluding hydrogens is 236 g/mol. The summed E-state index contributed by atoms with van der Waals surface area (Å²) in [4.78, 5) is 0. The molecule has 0 saturated carbocycles. The highest BCUT2D eigenvalue weighted by Gasteiger charge is 1.93. The van der Waals surface area contributed by atoms with Crippen LogP contribution in [0.25, 0.3) is 0 Å². The normalized spacial score (nSPS) is 9.83. The summed E-state index contributed by atoms with van der Waals surface area (Å²) < 4.78 is 0. The number of rotatable bonds is 4. The molecule has 0 nitrogen and oxygen atoms in total. The molecule has 2 aromatic rings. The number of benzene rings is 1. The number of unbranched alkanes of at least 4 members (excludes halogenated alkanes) is 2. The van der Waals surface area contributed by atoms with Gasteiger partial charge in [-0.3, -0.25) is 0 Å². The van der Waals surface area contributed by atoms with Crippen molar-refractivity contribution in [3.05, 3.63) is 57.8 Å². The van der Waals surface area contributed by atoms with Gasteiger partial charge in [0, 0.05) is 16.5 Å². The Balaban J connectivity index is 1.95. The van der Waals surface area contributed by atoms with Crippen LogP contribution in [-0.2, 0) is 6.42 Å². The molecule has 1 aromatic carbocycles. The average Bonchev–Trinajstić information content (AvgIpc) is 2.91. The quantitative estimate of drug-likeness (QED) is 0.539. The largest absolute Gasteiger partial charge is 0.151 e. The first-order valence-corrected chi connectivity index (χ1v) is 7.46. The van der Waals surface area contributed by atoms with Crippen molar-refractivity contribution in [3.8, 4) is 11.8 Å². The van der Waals surface area contributed by atoms with Gasteiger partial charge < -0.3 is 0 Å². The van der Waals surface area contributed by atoms with Gasteiger partial charge in [-0.1, -0.05) is 43.7 Å². The second-order valence-electron chi connectivity index (χ2n) is 4.42. The van der Waals surface area contributed by atoms with Gasteiger partial charge in [-0.25, -0.2) is 0 Å². The van der Waals surface area contributed by atoms with Crippen molar-refractivity contribution in [2.24, 2.45) is 0 Å².